The summed E-state index contributed by atoms with van der Waals surface area (Å²) < 4.78 is 15.8. The van der Waals surface area contributed by atoms with Crippen LogP contribution in [0, 0.1) is 5.92 Å². The normalized spacial score (nSPS) is 13.2. The van der Waals surface area contributed by atoms with Crippen molar-refractivity contribution >= 4 is 17.6 Å². The van der Waals surface area contributed by atoms with Gasteiger partial charge in [0.25, 0.3) is 5.91 Å². The van der Waals surface area contributed by atoms with Gasteiger partial charge in [-0.15, -0.1) is 0 Å². The predicted molar refractivity (Wildman–Crippen MR) is 97.1 cm³/mol. The van der Waals surface area contributed by atoms with Gasteiger partial charge in [0.1, 0.15) is 16.9 Å². The number of nitrogens with one attached hydrogen (secondary N) is 1. The molecule has 1 atom stereocenters. The molecule has 6 nitrogen and oxygen atoms in total. The molecule has 0 spiro atoms. The van der Waals surface area contributed by atoms with Crippen LogP contribution < -0.4 is 10.1 Å². The second kappa shape index (κ2) is 9.42. The highest BCUT2D eigenvalue weighted by atomic mass is 16.5. The molecule has 0 aliphatic heterocycles. The molecule has 0 radical (unpaired) electrons. The van der Waals surface area contributed by atoms with Crippen LogP contribution in [0.25, 0.3) is 0 Å². The summed E-state index contributed by atoms with van der Waals surface area (Å²) in [6.45, 7) is 8.28. The van der Waals surface area contributed by atoms with E-state index in [9.17, 15) is 9.59 Å². The summed E-state index contributed by atoms with van der Waals surface area (Å²) in [5.74, 6) is -0.0461. The third-order valence-electron chi connectivity index (χ3n) is 3.83. The van der Waals surface area contributed by atoms with Crippen LogP contribution >= 0.6 is 0 Å². The van der Waals surface area contributed by atoms with Crippen molar-refractivity contribution in [2.75, 3.05) is 26.1 Å². The van der Waals surface area contributed by atoms with Crippen molar-refractivity contribution in [3.05, 3.63) is 23.8 Å². The SMILES string of the molecule is CCCOc1ccc(NC(=O)[C@@](C)(CC(C)C)OC)cc1C(=O)OC. The molecule has 0 saturated carbocycles. The Kier molecular flexibility index (Phi) is 7.90. The highest BCUT2D eigenvalue weighted by Crippen LogP contribution is 2.26. The molecule has 1 aromatic carbocycles. The topological polar surface area (TPSA) is 73.9 Å². The zero-order chi connectivity index (χ0) is 19.0. The highest BCUT2D eigenvalue weighted by Gasteiger charge is 2.34. The number of hydrogen-bond donors (Lipinski definition) is 1. The first-order valence-electron chi connectivity index (χ1n) is 8.49. The first kappa shape index (κ1) is 21.0. The molecule has 6 heteroatoms. The summed E-state index contributed by atoms with van der Waals surface area (Å²) in [5.41, 5.74) is -0.185. The molecule has 25 heavy (non-hydrogen) atoms. The molecule has 0 aromatic heterocycles. The van der Waals surface area contributed by atoms with E-state index in [1.807, 2.05) is 20.8 Å². The van der Waals surface area contributed by atoms with Gasteiger partial charge >= 0.3 is 5.97 Å². The predicted octanol–water partition coefficient (Wildman–Crippen LogP) is 3.65. The minimum atomic E-state index is -0.947. The molecular formula is C19H29NO5. The third kappa shape index (κ3) is 5.74. The van der Waals surface area contributed by atoms with E-state index in [1.54, 1.807) is 25.1 Å². The van der Waals surface area contributed by atoms with Crippen LogP contribution in [0.3, 0.4) is 0 Å². The number of carbonyl (C=O) groups is 2. The Morgan fingerprint density at radius 1 is 1.24 bits per heavy atom. The van der Waals surface area contributed by atoms with Gasteiger partial charge in [0.05, 0.1) is 13.7 Å². The number of carbonyl (C=O) groups excluding carboxylic acids is 2. The lowest BCUT2D eigenvalue weighted by molar-refractivity contribution is -0.137. The Balaban J connectivity index is 3.05. The average molecular weight is 351 g/mol. The first-order chi connectivity index (χ1) is 11.8. The van der Waals surface area contributed by atoms with Crippen LogP contribution in [0.2, 0.25) is 0 Å². The lowest BCUT2D eigenvalue weighted by atomic mass is 9.93. The third-order valence-corrected chi connectivity index (χ3v) is 3.83. The lowest BCUT2D eigenvalue weighted by Crippen LogP contribution is -2.43. The van der Waals surface area contributed by atoms with Crippen LogP contribution in [0.15, 0.2) is 18.2 Å². The van der Waals surface area contributed by atoms with E-state index >= 15 is 0 Å². The zero-order valence-corrected chi connectivity index (χ0v) is 16.0. The molecule has 0 unspecified atom stereocenters. The van der Waals surface area contributed by atoms with Crippen LogP contribution in [0.4, 0.5) is 5.69 Å². The Morgan fingerprint density at radius 3 is 2.44 bits per heavy atom. The number of esters is 1. The number of anilines is 1. The van der Waals surface area contributed by atoms with Gasteiger partial charge in [0.15, 0.2) is 0 Å². The maximum Gasteiger partial charge on any atom is 0.341 e. The smallest absolute Gasteiger partial charge is 0.341 e. The van der Waals surface area contributed by atoms with Crippen LogP contribution in [0.1, 0.15) is 50.9 Å². The van der Waals surface area contributed by atoms with Gasteiger partial charge in [-0.05, 0) is 43.9 Å². The van der Waals surface area contributed by atoms with Gasteiger partial charge in [-0.3, -0.25) is 4.79 Å². The molecule has 0 heterocycles. The highest BCUT2D eigenvalue weighted by molar-refractivity contribution is 5.99. The van der Waals surface area contributed by atoms with Crippen LogP contribution in [0.5, 0.6) is 5.75 Å². The summed E-state index contributed by atoms with van der Waals surface area (Å²) in [6, 6.07) is 4.91. The largest absolute Gasteiger partial charge is 0.493 e. The van der Waals surface area contributed by atoms with E-state index in [4.69, 9.17) is 14.2 Å². The molecule has 0 bridgehead atoms. The van der Waals surface area contributed by atoms with Gasteiger partial charge in [-0.25, -0.2) is 4.79 Å². The van der Waals surface area contributed by atoms with Crippen molar-refractivity contribution in [2.45, 2.75) is 46.1 Å². The molecule has 1 aromatic rings. The summed E-state index contributed by atoms with van der Waals surface area (Å²) in [7, 11) is 2.82. The van der Waals surface area contributed by atoms with E-state index in [0.717, 1.165) is 6.42 Å². The molecule has 1 rings (SSSR count). The van der Waals surface area contributed by atoms with Crippen LogP contribution in [-0.4, -0.2) is 38.3 Å². The summed E-state index contributed by atoms with van der Waals surface area (Å²) in [6.07, 6.45) is 1.40. The number of hydrogen-bond acceptors (Lipinski definition) is 5. The van der Waals surface area contributed by atoms with Gasteiger partial charge in [0, 0.05) is 12.8 Å². The maximum atomic E-state index is 12.6. The number of amides is 1. The van der Waals surface area contributed by atoms with Gasteiger partial charge in [-0.2, -0.15) is 0 Å². The molecule has 0 aliphatic rings. The van der Waals surface area contributed by atoms with Crippen LogP contribution in [-0.2, 0) is 14.3 Å². The number of methoxy groups -OCH3 is 2. The molecule has 140 valence electrons. The Hall–Kier alpha value is -2.08. The molecule has 0 aliphatic carbocycles. The summed E-state index contributed by atoms with van der Waals surface area (Å²) in [5, 5.41) is 2.81. The monoisotopic (exact) mass is 351 g/mol. The van der Waals surface area contributed by atoms with Crippen molar-refractivity contribution in [2.24, 2.45) is 5.92 Å². The number of benzene rings is 1. The van der Waals surface area contributed by atoms with E-state index in [0.29, 0.717) is 30.4 Å². The maximum absolute atomic E-state index is 12.6. The zero-order valence-electron chi connectivity index (χ0n) is 16.0. The number of rotatable bonds is 9. The van der Waals surface area contributed by atoms with E-state index < -0.39 is 11.6 Å². The lowest BCUT2D eigenvalue weighted by Gasteiger charge is -2.28. The number of ether oxygens (including phenoxy) is 3. The van der Waals surface area contributed by atoms with E-state index in [-0.39, 0.29) is 11.5 Å². The molecular weight excluding hydrogens is 322 g/mol. The molecule has 0 fully saturated rings. The minimum Gasteiger partial charge on any atom is -0.493 e. The van der Waals surface area contributed by atoms with Crippen molar-refractivity contribution < 1.29 is 23.8 Å². The van der Waals surface area contributed by atoms with Crippen molar-refractivity contribution in [1.29, 1.82) is 0 Å². The first-order valence-corrected chi connectivity index (χ1v) is 8.49. The van der Waals surface area contributed by atoms with Crippen molar-refractivity contribution in [1.82, 2.24) is 0 Å². The molecule has 1 amide bonds. The Morgan fingerprint density at radius 2 is 1.92 bits per heavy atom. The fraction of sp³-hybridized carbons (Fsp3) is 0.579. The van der Waals surface area contributed by atoms with Gasteiger partial charge in [-0.1, -0.05) is 20.8 Å². The fourth-order valence-corrected chi connectivity index (χ4v) is 2.53. The standard InChI is InChI=1S/C19H29NO5/c1-7-10-25-16-9-8-14(11-15(16)17(21)23-5)20-18(22)19(4,24-6)12-13(2)3/h8-9,11,13H,7,10,12H2,1-6H3,(H,20,22)/t19-/m1/s1. The Bertz CT molecular complexity index is 599. The molecule has 1 N–H and O–H groups in total. The molecule has 0 saturated heterocycles. The van der Waals surface area contributed by atoms with E-state index in [2.05, 4.69) is 5.32 Å². The second-order valence-electron chi connectivity index (χ2n) is 6.54. The summed E-state index contributed by atoms with van der Waals surface area (Å²) in [4.78, 5) is 24.6. The second-order valence-corrected chi connectivity index (χ2v) is 6.54. The fourth-order valence-electron chi connectivity index (χ4n) is 2.53. The minimum absolute atomic E-state index is 0.262. The summed E-state index contributed by atoms with van der Waals surface area (Å²) >= 11 is 0. The Labute approximate surface area is 149 Å². The average Bonchev–Trinajstić information content (AvgIpc) is 2.58. The van der Waals surface area contributed by atoms with Crippen molar-refractivity contribution in [3.8, 4) is 5.75 Å². The van der Waals surface area contributed by atoms with E-state index in [1.165, 1.54) is 14.2 Å². The van der Waals surface area contributed by atoms with Crippen molar-refractivity contribution in [3.63, 3.8) is 0 Å². The quantitative estimate of drug-likeness (QED) is 0.688. The van der Waals surface area contributed by atoms with Gasteiger partial charge in [0.2, 0.25) is 0 Å². The van der Waals surface area contributed by atoms with Gasteiger partial charge < -0.3 is 19.5 Å².